The van der Waals surface area contributed by atoms with Crippen LogP contribution >= 0.6 is 0 Å². The maximum absolute atomic E-state index is 12.5. The Morgan fingerprint density at radius 3 is 2.47 bits per heavy atom. The minimum atomic E-state index is 0.224. The molecule has 0 bridgehead atoms. The molecule has 1 aliphatic heterocycles. The van der Waals surface area contributed by atoms with Gasteiger partial charge in [0.1, 0.15) is 0 Å². The number of likely N-dealkylation sites (tertiary alicyclic amines) is 1. The summed E-state index contributed by atoms with van der Waals surface area (Å²) in [5.41, 5.74) is 5.81. The van der Waals surface area contributed by atoms with Crippen molar-refractivity contribution in [2.75, 3.05) is 19.6 Å². The van der Waals surface area contributed by atoms with E-state index in [9.17, 15) is 4.79 Å². The normalized spacial score (nSPS) is 31.5. The van der Waals surface area contributed by atoms with Crippen molar-refractivity contribution < 1.29 is 4.79 Å². The van der Waals surface area contributed by atoms with E-state index >= 15 is 0 Å². The monoisotopic (exact) mass is 238 g/mol. The highest BCUT2D eigenvalue weighted by molar-refractivity contribution is 5.79. The van der Waals surface area contributed by atoms with Gasteiger partial charge in [-0.25, -0.2) is 0 Å². The lowest BCUT2D eigenvalue weighted by molar-refractivity contribution is -0.139. The predicted octanol–water partition coefficient (Wildman–Crippen LogP) is 2.01. The van der Waals surface area contributed by atoms with E-state index in [1.165, 1.54) is 25.7 Å². The average molecular weight is 238 g/mol. The fourth-order valence-corrected chi connectivity index (χ4v) is 3.28. The third kappa shape index (κ3) is 3.01. The molecular weight excluding hydrogens is 212 g/mol. The van der Waals surface area contributed by atoms with E-state index in [-0.39, 0.29) is 5.92 Å². The number of carbonyl (C=O) groups excluding carboxylic acids is 1. The molecule has 2 atom stereocenters. The lowest BCUT2D eigenvalue weighted by Crippen LogP contribution is -2.45. The number of nitrogens with two attached hydrogens (primary N) is 1. The van der Waals surface area contributed by atoms with Crippen LogP contribution in [0.2, 0.25) is 0 Å². The molecule has 17 heavy (non-hydrogen) atoms. The van der Waals surface area contributed by atoms with Crippen LogP contribution in [0.1, 0.15) is 45.4 Å². The summed E-state index contributed by atoms with van der Waals surface area (Å²) in [7, 11) is 0. The minimum absolute atomic E-state index is 0.224. The van der Waals surface area contributed by atoms with Crippen LogP contribution in [0.4, 0.5) is 0 Å². The largest absolute Gasteiger partial charge is 0.342 e. The Labute approximate surface area is 105 Å². The Hall–Kier alpha value is -0.570. The first-order chi connectivity index (χ1) is 8.22. The second-order valence-electron chi connectivity index (χ2n) is 5.89. The number of nitrogens with zero attached hydrogens (tertiary/aromatic N) is 1. The van der Waals surface area contributed by atoms with Gasteiger partial charge in [-0.1, -0.05) is 19.8 Å². The fourth-order valence-electron chi connectivity index (χ4n) is 3.28. The van der Waals surface area contributed by atoms with Crippen LogP contribution in [-0.4, -0.2) is 30.4 Å². The van der Waals surface area contributed by atoms with Crippen LogP contribution in [0.5, 0.6) is 0 Å². The summed E-state index contributed by atoms with van der Waals surface area (Å²) in [5.74, 6) is 1.85. The highest BCUT2D eigenvalue weighted by atomic mass is 16.2. The number of carbonyl (C=O) groups is 1. The Morgan fingerprint density at radius 2 is 1.82 bits per heavy atom. The molecule has 3 nitrogen and oxygen atoms in total. The van der Waals surface area contributed by atoms with E-state index in [1.807, 2.05) is 0 Å². The third-order valence-electron chi connectivity index (χ3n) is 4.62. The molecule has 1 saturated carbocycles. The molecule has 1 aliphatic carbocycles. The van der Waals surface area contributed by atoms with Crippen LogP contribution in [0, 0.1) is 17.8 Å². The lowest BCUT2D eigenvalue weighted by atomic mass is 9.78. The highest BCUT2D eigenvalue weighted by Gasteiger charge is 2.33. The van der Waals surface area contributed by atoms with E-state index in [2.05, 4.69) is 11.8 Å². The molecule has 1 saturated heterocycles. The molecule has 2 unspecified atom stereocenters. The van der Waals surface area contributed by atoms with Gasteiger partial charge in [-0.05, 0) is 44.1 Å². The molecule has 2 N–H and O–H groups in total. The Bertz CT molecular complexity index is 259. The van der Waals surface area contributed by atoms with Gasteiger partial charge in [-0.15, -0.1) is 0 Å². The number of hydrogen-bond donors (Lipinski definition) is 1. The summed E-state index contributed by atoms with van der Waals surface area (Å²) in [6.07, 6.45) is 7.02. The van der Waals surface area contributed by atoms with Gasteiger partial charge in [0.05, 0.1) is 0 Å². The summed E-state index contributed by atoms with van der Waals surface area (Å²) in [6.45, 7) is 4.90. The van der Waals surface area contributed by atoms with Crippen molar-refractivity contribution >= 4 is 5.91 Å². The summed E-state index contributed by atoms with van der Waals surface area (Å²) in [6, 6.07) is 0. The quantitative estimate of drug-likeness (QED) is 0.800. The zero-order valence-electron chi connectivity index (χ0n) is 11.0. The van der Waals surface area contributed by atoms with Gasteiger partial charge in [0, 0.05) is 19.0 Å². The predicted molar refractivity (Wildman–Crippen MR) is 69.5 cm³/mol. The van der Waals surface area contributed by atoms with Crippen LogP contribution in [0.25, 0.3) is 0 Å². The number of rotatable bonds is 2. The second-order valence-corrected chi connectivity index (χ2v) is 5.89. The standard InChI is InChI=1S/C14H26N2O/c1-11-6-8-16(9-7-11)14(17)13-5-3-2-4-12(13)10-15/h11-13H,2-10,15H2,1H3. The van der Waals surface area contributed by atoms with Crippen molar-refractivity contribution in [3.63, 3.8) is 0 Å². The first-order valence-electron chi connectivity index (χ1n) is 7.21. The SMILES string of the molecule is CC1CCN(C(=O)C2CCCCC2CN)CC1. The Balaban J connectivity index is 1.93. The fraction of sp³-hybridized carbons (Fsp3) is 0.929. The first-order valence-corrected chi connectivity index (χ1v) is 7.21. The van der Waals surface area contributed by atoms with Gasteiger partial charge in [0.2, 0.25) is 5.91 Å². The van der Waals surface area contributed by atoms with E-state index < -0.39 is 0 Å². The maximum atomic E-state index is 12.5. The molecule has 0 aromatic rings. The zero-order chi connectivity index (χ0) is 12.3. The van der Waals surface area contributed by atoms with Crippen LogP contribution in [-0.2, 0) is 4.79 Å². The highest BCUT2D eigenvalue weighted by Crippen LogP contribution is 2.31. The minimum Gasteiger partial charge on any atom is -0.342 e. The van der Waals surface area contributed by atoms with Crippen molar-refractivity contribution in [1.29, 1.82) is 0 Å². The van der Waals surface area contributed by atoms with Crippen LogP contribution in [0.15, 0.2) is 0 Å². The zero-order valence-corrected chi connectivity index (χ0v) is 11.0. The number of piperidine rings is 1. The molecule has 2 aliphatic rings. The smallest absolute Gasteiger partial charge is 0.226 e. The van der Waals surface area contributed by atoms with Gasteiger partial charge in [-0.2, -0.15) is 0 Å². The summed E-state index contributed by atoms with van der Waals surface area (Å²) in [5, 5.41) is 0. The molecule has 0 radical (unpaired) electrons. The first kappa shape index (κ1) is 12.9. The molecule has 1 amide bonds. The van der Waals surface area contributed by atoms with Crippen molar-refractivity contribution in [3.05, 3.63) is 0 Å². The second kappa shape index (κ2) is 5.85. The molecule has 2 rings (SSSR count). The van der Waals surface area contributed by atoms with Crippen molar-refractivity contribution in [2.45, 2.75) is 45.4 Å². The van der Waals surface area contributed by atoms with Gasteiger partial charge in [-0.3, -0.25) is 4.79 Å². The van der Waals surface area contributed by atoms with Crippen molar-refractivity contribution in [1.82, 2.24) is 4.90 Å². The molecule has 1 heterocycles. The van der Waals surface area contributed by atoms with Gasteiger partial charge >= 0.3 is 0 Å². The molecule has 0 aromatic carbocycles. The number of amides is 1. The van der Waals surface area contributed by atoms with E-state index in [0.717, 1.165) is 31.8 Å². The number of hydrogen-bond acceptors (Lipinski definition) is 2. The van der Waals surface area contributed by atoms with Gasteiger partial charge < -0.3 is 10.6 Å². The van der Waals surface area contributed by atoms with E-state index in [0.29, 0.717) is 18.4 Å². The van der Waals surface area contributed by atoms with Crippen LogP contribution in [0.3, 0.4) is 0 Å². The Kier molecular flexibility index (Phi) is 4.43. The molecule has 0 spiro atoms. The molecular formula is C14H26N2O. The van der Waals surface area contributed by atoms with Gasteiger partial charge in [0.15, 0.2) is 0 Å². The molecule has 0 aromatic heterocycles. The van der Waals surface area contributed by atoms with Crippen molar-refractivity contribution in [2.24, 2.45) is 23.5 Å². The summed E-state index contributed by atoms with van der Waals surface area (Å²) >= 11 is 0. The maximum Gasteiger partial charge on any atom is 0.226 e. The van der Waals surface area contributed by atoms with Crippen LogP contribution < -0.4 is 5.73 Å². The topological polar surface area (TPSA) is 46.3 Å². The summed E-state index contributed by atoms with van der Waals surface area (Å²) < 4.78 is 0. The summed E-state index contributed by atoms with van der Waals surface area (Å²) in [4.78, 5) is 14.6. The molecule has 98 valence electrons. The Morgan fingerprint density at radius 1 is 1.18 bits per heavy atom. The third-order valence-corrected chi connectivity index (χ3v) is 4.62. The van der Waals surface area contributed by atoms with Gasteiger partial charge in [0.25, 0.3) is 0 Å². The molecule has 3 heteroatoms. The van der Waals surface area contributed by atoms with Crippen molar-refractivity contribution in [3.8, 4) is 0 Å². The van der Waals surface area contributed by atoms with E-state index in [1.54, 1.807) is 0 Å². The molecule has 2 fully saturated rings. The van der Waals surface area contributed by atoms with E-state index in [4.69, 9.17) is 5.73 Å². The lowest BCUT2D eigenvalue weighted by Gasteiger charge is -2.37. The average Bonchev–Trinajstić information content (AvgIpc) is 2.39.